The van der Waals surface area contributed by atoms with Crippen LogP contribution in [0.1, 0.15) is 39.3 Å². The van der Waals surface area contributed by atoms with Crippen LogP contribution in [0.2, 0.25) is 0 Å². The van der Waals surface area contributed by atoms with E-state index < -0.39 is 0 Å². The quantitative estimate of drug-likeness (QED) is 0.629. The van der Waals surface area contributed by atoms with Crippen LogP contribution in [0.15, 0.2) is 55.5 Å². The lowest BCUT2D eigenvalue weighted by Gasteiger charge is -2.14. The molecule has 138 valence electrons. The van der Waals surface area contributed by atoms with E-state index in [4.69, 9.17) is 4.74 Å². The van der Waals surface area contributed by atoms with Gasteiger partial charge in [0, 0.05) is 30.2 Å². The summed E-state index contributed by atoms with van der Waals surface area (Å²) in [5.41, 5.74) is 3.84. The molecule has 1 atom stereocenters. The van der Waals surface area contributed by atoms with E-state index in [1.54, 1.807) is 12.3 Å². The lowest BCUT2D eigenvalue weighted by atomic mass is 10.0. The predicted molar refractivity (Wildman–Crippen MR) is 108 cm³/mol. The third kappa shape index (κ3) is 4.49. The minimum absolute atomic E-state index is 0.295. The molecule has 0 aliphatic heterocycles. The fourth-order valence-corrected chi connectivity index (χ4v) is 2.67. The molecule has 5 heteroatoms. The molecule has 2 aromatic heterocycles. The van der Waals surface area contributed by atoms with E-state index in [9.17, 15) is 0 Å². The zero-order chi connectivity index (χ0) is 18.9. The Morgan fingerprint density at radius 3 is 2.88 bits per heavy atom. The van der Waals surface area contributed by atoms with Crippen molar-refractivity contribution in [1.82, 2.24) is 19.7 Å². The van der Waals surface area contributed by atoms with Crippen molar-refractivity contribution < 1.29 is 4.74 Å². The molecule has 3 rings (SSSR count). The van der Waals surface area contributed by atoms with Crippen LogP contribution in [0.3, 0.4) is 0 Å². The Bertz CT molecular complexity index is 841. The van der Waals surface area contributed by atoms with Crippen LogP contribution in [0.5, 0.6) is 5.88 Å². The standard InChI is InChI=1S/C19H22N4O.C2H6/c1-4-11-24-19-18-21-9-10-23(18)13-17(22-19)16-8-6-7-15(12-16)14(3)20-5-2;1-2/h4,6-10,12-14,20H,1,5,11H2,2-3H3;1-2H3. The second-order valence-corrected chi connectivity index (χ2v) is 5.59. The Balaban J connectivity index is 0.00000117. The van der Waals surface area contributed by atoms with Crippen molar-refractivity contribution in [3.8, 4) is 17.1 Å². The van der Waals surface area contributed by atoms with Gasteiger partial charge in [0.15, 0.2) is 0 Å². The highest BCUT2D eigenvalue weighted by Gasteiger charge is 2.11. The minimum atomic E-state index is 0.295. The average Bonchev–Trinajstić information content (AvgIpc) is 3.17. The molecule has 1 aromatic carbocycles. The van der Waals surface area contributed by atoms with Gasteiger partial charge in [0.25, 0.3) is 5.88 Å². The summed E-state index contributed by atoms with van der Waals surface area (Å²) in [6.45, 7) is 13.3. The van der Waals surface area contributed by atoms with Crippen LogP contribution in [0.4, 0.5) is 0 Å². The number of nitrogens with one attached hydrogen (secondary N) is 1. The summed E-state index contributed by atoms with van der Waals surface area (Å²) in [5.74, 6) is 0.516. The van der Waals surface area contributed by atoms with Gasteiger partial charge in [-0.25, -0.2) is 9.97 Å². The number of aromatic nitrogens is 3. The van der Waals surface area contributed by atoms with E-state index in [0.29, 0.717) is 24.2 Å². The molecule has 0 radical (unpaired) electrons. The Labute approximate surface area is 155 Å². The Morgan fingerprint density at radius 2 is 2.15 bits per heavy atom. The first-order chi connectivity index (χ1) is 12.7. The van der Waals surface area contributed by atoms with Crippen molar-refractivity contribution in [3.63, 3.8) is 0 Å². The highest BCUT2D eigenvalue weighted by atomic mass is 16.5. The molecule has 0 aliphatic rings. The maximum atomic E-state index is 5.68. The van der Waals surface area contributed by atoms with Crippen molar-refractivity contribution in [2.75, 3.05) is 13.2 Å². The van der Waals surface area contributed by atoms with E-state index >= 15 is 0 Å². The number of nitrogens with zero attached hydrogens (tertiary/aromatic N) is 3. The maximum absolute atomic E-state index is 5.68. The molecule has 1 N–H and O–H groups in total. The fourth-order valence-electron chi connectivity index (χ4n) is 2.67. The van der Waals surface area contributed by atoms with E-state index in [2.05, 4.69) is 60.0 Å². The molecule has 0 aliphatic carbocycles. The lowest BCUT2D eigenvalue weighted by molar-refractivity contribution is 0.351. The first-order valence-electron chi connectivity index (χ1n) is 9.14. The van der Waals surface area contributed by atoms with Gasteiger partial charge in [-0.3, -0.25) is 0 Å². The highest BCUT2D eigenvalue weighted by molar-refractivity contribution is 5.63. The summed E-state index contributed by atoms with van der Waals surface area (Å²) in [7, 11) is 0. The van der Waals surface area contributed by atoms with Crippen LogP contribution in [0.25, 0.3) is 16.9 Å². The number of imidazole rings is 1. The van der Waals surface area contributed by atoms with Gasteiger partial charge in [0.05, 0.1) is 5.69 Å². The zero-order valence-electron chi connectivity index (χ0n) is 16.1. The first kappa shape index (κ1) is 19.7. The normalized spacial score (nSPS) is 11.5. The van der Waals surface area contributed by atoms with Crippen LogP contribution in [0, 0.1) is 0 Å². The van der Waals surface area contributed by atoms with Crippen molar-refractivity contribution in [3.05, 3.63) is 61.1 Å². The summed E-state index contributed by atoms with van der Waals surface area (Å²) < 4.78 is 7.61. The molecule has 26 heavy (non-hydrogen) atoms. The van der Waals surface area contributed by atoms with Gasteiger partial charge >= 0.3 is 0 Å². The van der Waals surface area contributed by atoms with Gasteiger partial charge in [0.2, 0.25) is 5.65 Å². The second-order valence-electron chi connectivity index (χ2n) is 5.59. The van der Waals surface area contributed by atoms with E-state index in [1.165, 1.54) is 5.56 Å². The van der Waals surface area contributed by atoms with E-state index in [0.717, 1.165) is 17.8 Å². The smallest absolute Gasteiger partial charge is 0.259 e. The van der Waals surface area contributed by atoms with Crippen molar-refractivity contribution >= 4 is 5.65 Å². The van der Waals surface area contributed by atoms with Crippen LogP contribution < -0.4 is 10.1 Å². The van der Waals surface area contributed by atoms with Crippen molar-refractivity contribution in [1.29, 1.82) is 0 Å². The number of rotatable bonds is 7. The number of benzene rings is 1. The highest BCUT2D eigenvalue weighted by Crippen LogP contribution is 2.25. The van der Waals surface area contributed by atoms with Crippen molar-refractivity contribution in [2.45, 2.75) is 33.7 Å². The molecular formula is C21H28N4O. The lowest BCUT2D eigenvalue weighted by Crippen LogP contribution is -2.17. The van der Waals surface area contributed by atoms with Gasteiger partial charge < -0.3 is 14.5 Å². The molecule has 0 fully saturated rings. The molecule has 0 bridgehead atoms. The van der Waals surface area contributed by atoms with Crippen LogP contribution in [-0.2, 0) is 0 Å². The van der Waals surface area contributed by atoms with Gasteiger partial charge in [-0.05, 0) is 25.1 Å². The minimum Gasteiger partial charge on any atom is -0.471 e. The average molecular weight is 352 g/mol. The Hall–Kier alpha value is -2.66. The molecule has 0 saturated heterocycles. The van der Waals surface area contributed by atoms with E-state index in [-0.39, 0.29) is 0 Å². The molecule has 5 nitrogen and oxygen atoms in total. The third-order valence-corrected chi connectivity index (χ3v) is 3.87. The first-order valence-corrected chi connectivity index (χ1v) is 9.14. The topological polar surface area (TPSA) is 51.5 Å². The number of fused-ring (bicyclic) bond motifs is 1. The maximum Gasteiger partial charge on any atom is 0.259 e. The Morgan fingerprint density at radius 1 is 1.35 bits per heavy atom. The molecular weight excluding hydrogens is 324 g/mol. The van der Waals surface area contributed by atoms with Gasteiger partial charge in [-0.2, -0.15) is 0 Å². The Kier molecular flexibility index (Phi) is 7.36. The van der Waals surface area contributed by atoms with E-state index in [1.807, 2.05) is 30.6 Å². The molecule has 0 amide bonds. The summed E-state index contributed by atoms with van der Waals surface area (Å²) in [6, 6.07) is 8.70. The predicted octanol–water partition coefficient (Wildman–Crippen LogP) is 4.66. The molecule has 3 aromatic rings. The fraction of sp³-hybridized carbons (Fsp3) is 0.333. The summed E-state index contributed by atoms with van der Waals surface area (Å²) in [6.07, 6.45) is 7.31. The number of hydrogen-bond acceptors (Lipinski definition) is 4. The molecule has 0 spiro atoms. The summed E-state index contributed by atoms with van der Waals surface area (Å²) in [4.78, 5) is 8.96. The zero-order valence-corrected chi connectivity index (χ0v) is 16.1. The molecule has 1 unspecified atom stereocenters. The SMILES string of the molecule is C=CCOc1nc(-c2cccc(C(C)NCC)c2)cn2ccnc12.CC. The van der Waals surface area contributed by atoms with Gasteiger partial charge in [-0.1, -0.05) is 51.6 Å². The molecule has 2 heterocycles. The van der Waals surface area contributed by atoms with Crippen LogP contribution in [-0.4, -0.2) is 27.5 Å². The third-order valence-electron chi connectivity index (χ3n) is 3.87. The second kappa shape index (κ2) is 9.73. The summed E-state index contributed by atoms with van der Waals surface area (Å²) >= 11 is 0. The largest absolute Gasteiger partial charge is 0.471 e. The van der Waals surface area contributed by atoms with Crippen LogP contribution >= 0.6 is 0 Å². The van der Waals surface area contributed by atoms with Gasteiger partial charge in [0.1, 0.15) is 6.61 Å². The molecule has 0 saturated carbocycles. The summed E-state index contributed by atoms with van der Waals surface area (Å²) in [5, 5.41) is 3.43. The van der Waals surface area contributed by atoms with Crippen molar-refractivity contribution in [2.24, 2.45) is 0 Å². The number of hydrogen-bond donors (Lipinski definition) is 1. The van der Waals surface area contributed by atoms with Gasteiger partial charge in [-0.15, -0.1) is 0 Å². The number of ether oxygens (including phenoxy) is 1. The monoisotopic (exact) mass is 352 g/mol.